The number of amides is 2. The van der Waals surface area contributed by atoms with E-state index in [4.69, 9.17) is 22.2 Å². The Kier molecular flexibility index (Phi) is 4.18. The minimum atomic E-state index is -0.869. The highest BCUT2D eigenvalue weighted by Gasteiger charge is 2.33. The molecule has 0 fully saturated rings. The quantitative estimate of drug-likeness (QED) is 0.498. The van der Waals surface area contributed by atoms with E-state index >= 15 is 0 Å². The average Bonchev–Trinajstić information content (AvgIpc) is 2.60. The summed E-state index contributed by atoms with van der Waals surface area (Å²) in [4.78, 5) is 26.1. The van der Waals surface area contributed by atoms with Gasteiger partial charge in [-0.3, -0.25) is 15.0 Å². The van der Waals surface area contributed by atoms with Crippen LogP contribution in [0.25, 0.3) is 0 Å². The summed E-state index contributed by atoms with van der Waals surface area (Å²) in [7, 11) is 0. The van der Waals surface area contributed by atoms with Gasteiger partial charge >= 0.3 is 0 Å². The second-order valence-electron chi connectivity index (χ2n) is 5.01. The van der Waals surface area contributed by atoms with E-state index in [0.717, 1.165) is 0 Å². The summed E-state index contributed by atoms with van der Waals surface area (Å²) in [6, 6.07) is 13.6. The fourth-order valence-corrected chi connectivity index (χ4v) is 2.53. The van der Waals surface area contributed by atoms with Gasteiger partial charge in [0.2, 0.25) is 0 Å². The van der Waals surface area contributed by atoms with Gasteiger partial charge < -0.3 is 9.64 Å². The molecule has 2 aromatic carbocycles. The smallest absolute Gasteiger partial charge is 0.276 e. The first-order valence-electron chi connectivity index (χ1n) is 6.93. The fourth-order valence-electron chi connectivity index (χ4n) is 2.40. The van der Waals surface area contributed by atoms with Gasteiger partial charge in [-0.25, -0.2) is 5.84 Å². The number of nitrogens with zero attached hydrogens (tertiary/aromatic N) is 1. The van der Waals surface area contributed by atoms with E-state index in [-0.39, 0.29) is 12.5 Å². The van der Waals surface area contributed by atoms with E-state index in [2.05, 4.69) is 5.43 Å². The minimum absolute atomic E-state index is 0.0709. The SMILES string of the molecule is NNC(=O)[C@H]1CN(C(=O)c2ccc(Cl)cc2)c2ccccc2O1. The molecule has 1 atom stereocenters. The second-order valence-corrected chi connectivity index (χ2v) is 5.44. The molecular weight excluding hydrogens is 318 g/mol. The van der Waals surface area contributed by atoms with Crippen molar-refractivity contribution in [2.75, 3.05) is 11.4 Å². The molecule has 2 aromatic rings. The number of hydrazine groups is 1. The zero-order valence-electron chi connectivity index (χ0n) is 12.0. The Balaban J connectivity index is 1.97. The number of benzene rings is 2. The number of carbonyl (C=O) groups is 2. The molecule has 0 aromatic heterocycles. The summed E-state index contributed by atoms with van der Waals surface area (Å²) in [5.74, 6) is 4.89. The number of ether oxygens (including phenoxy) is 1. The van der Waals surface area contributed by atoms with E-state index in [1.54, 1.807) is 48.5 Å². The van der Waals surface area contributed by atoms with Crippen molar-refractivity contribution in [1.29, 1.82) is 0 Å². The van der Waals surface area contributed by atoms with Crippen LogP contribution in [-0.4, -0.2) is 24.5 Å². The summed E-state index contributed by atoms with van der Waals surface area (Å²) >= 11 is 5.86. The van der Waals surface area contributed by atoms with Crippen LogP contribution in [-0.2, 0) is 4.79 Å². The largest absolute Gasteiger partial charge is 0.476 e. The number of anilines is 1. The fraction of sp³-hybridized carbons (Fsp3) is 0.125. The predicted molar refractivity (Wildman–Crippen MR) is 86.3 cm³/mol. The van der Waals surface area contributed by atoms with Crippen LogP contribution in [0, 0.1) is 0 Å². The van der Waals surface area contributed by atoms with Crippen molar-refractivity contribution in [2.45, 2.75) is 6.10 Å². The van der Waals surface area contributed by atoms with Crippen LogP contribution >= 0.6 is 11.6 Å². The van der Waals surface area contributed by atoms with Gasteiger partial charge in [0, 0.05) is 10.6 Å². The third kappa shape index (κ3) is 2.99. The lowest BCUT2D eigenvalue weighted by Crippen LogP contribution is -2.52. The van der Waals surface area contributed by atoms with E-state index in [0.29, 0.717) is 22.0 Å². The van der Waals surface area contributed by atoms with Crippen molar-refractivity contribution < 1.29 is 14.3 Å². The lowest BCUT2D eigenvalue weighted by atomic mass is 10.1. The molecule has 0 radical (unpaired) electrons. The van der Waals surface area contributed by atoms with Crippen molar-refractivity contribution in [3.8, 4) is 5.75 Å². The molecule has 0 saturated carbocycles. The molecule has 0 saturated heterocycles. The molecule has 2 amide bonds. The molecule has 0 aliphatic carbocycles. The van der Waals surface area contributed by atoms with E-state index in [1.807, 2.05) is 0 Å². The zero-order chi connectivity index (χ0) is 16.4. The van der Waals surface area contributed by atoms with Crippen LogP contribution in [0.3, 0.4) is 0 Å². The first kappa shape index (κ1) is 15.3. The molecule has 0 spiro atoms. The molecule has 1 aliphatic heterocycles. The highest BCUT2D eigenvalue weighted by Crippen LogP contribution is 2.34. The van der Waals surface area contributed by atoms with Crippen molar-refractivity contribution in [3.63, 3.8) is 0 Å². The highest BCUT2D eigenvalue weighted by atomic mass is 35.5. The summed E-state index contributed by atoms with van der Waals surface area (Å²) in [5, 5.41) is 0.546. The number of hydrogen-bond donors (Lipinski definition) is 2. The van der Waals surface area contributed by atoms with E-state index in [9.17, 15) is 9.59 Å². The first-order valence-corrected chi connectivity index (χ1v) is 7.31. The van der Waals surface area contributed by atoms with Gasteiger partial charge in [-0.2, -0.15) is 0 Å². The number of nitrogens with one attached hydrogen (secondary N) is 1. The Labute approximate surface area is 137 Å². The Morgan fingerprint density at radius 1 is 1.17 bits per heavy atom. The van der Waals surface area contributed by atoms with Gasteiger partial charge in [-0.1, -0.05) is 23.7 Å². The average molecular weight is 332 g/mol. The standard InChI is InChI=1S/C16H14ClN3O3/c17-11-7-5-10(6-8-11)16(22)20-9-14(15(21)19-18)23-13-4-2-1-3-12(13)20/h1-8,14H,9,18H2,(H,19,21)/t14-/m1/s1. The summed E-state index contributed by atoms with van der Waals surface area (Å²) in [6.07, 6.45) is -0.869. The maximum absolute atomic E-state index is 12.8. The van der Waals surface area contributed by atoms with Crippen LogP contribution in [0.1, 0.15) is 10.4 Å². The molecule has 6 nitrogen and oxygen atoms in total. The Morgan fingerprint density at radius 3 is 2.57 bits per heavy atom. The van der Waals surface area contributed by atoms with Crippen LogP contribution in [0.5, 0.6) is 5.75 Å². The third-order valence-electron chi connectivity index (χ3n) is 3.54. The highest BCUT2D eigenvalue weighted by molar-refractivity contribution is 6.30. The monoisotopic (exact) mass is 331 g/mol. The number of nitrogens with two attached hydrogens (primary N) is 1. The molecule has 23 heavy (non-hydrogen) atoms. The first-order chi connectivity index (χ1) is 11.1. The minimum Gasteiger partial charge on any atom is -0.476 e. The third-order valence-corrected chi connectivity index (χ3v) is 3.80. The second kappa shape index (κ2) is 6.28. The normalized spacial score (nSPS) is 16.3. The molecule has 1 aliphatic rings. The van der Waals surface area contributed by atoms with Gasteiger partial charge in [-0.05, 0) is 36.4 Å². The number of rotatable bonds is 2. The van der Waals surface area contributed by atoms with Crippen molar-refractivity contribution in [2.24, 2.45) is 5.84 Å². The van der Waals surface area contributed by atoms with Gasteiger partial charge in [0.25, 0.3) is 11.8 Å². The summed E-state index contributed by atoms with van der Waals surface area (Å²) < 4.78 is 5.61. The summed E-state index contributed by atoms with van der Waals surface area (Å²) in [5.41, 5.74) is 3.13. The lowest BCUT2D eigenvalue weighted by Gasteiger charge is -2.34. The Morgan fingerprint density at radius 2 is 1.87 bits per heavy atom. The lowest BCUT2D eigenvalue weighted by molar-refractivity contribution is -0.127. The molecule has 0 unspecified atom stereocenters. The van der Waals surface area contributed by atoms with Crippen molar-refractivity contribution >= 4 is 29.1 Å². The number of fused-ring (bicyclic) bond motifs is 1. The molecule has 118 valence electrons. The van der Waals surface area contributed by atoms with Crippen molar-refractivity contribution in [1.82, 2.24) is 5.43 Å². The van der Waals surface area contributed by atoms with Gasteiger partial charge in [0.1, 0.15) is 5.75 Å². The van der Waals surface area contributed by atoms with Crippen LogP contribution in [0.2, 0.25) is 5.02 Å². The maximum Gasteiger partial charge on any atom is 0.276 e. The van der Waals surface area contributed by atoms with Gasteiger partial charge in [-0.15, -0.1) is 0 Å². The number of carbonyl (C=O) groups excluding carboxylic acids is 2. The zero-order valence-corrected chi connectivity index (χ0v) is 12.8. The molecule has 1 heterocycles. The molecule has 7 heteroatoms. The van der Waals surface area contributed by atoms with Crippen molar-refractivity contribution in [3.05, 3.63) is 59.1 Å². The number of halogens is 1. The predicted octanol–water partition coefficient (Wildman–Crippen LogP) is 1.74. The molecular formula is C16H14ClN3O3. The van der Waals surface area contributed by atoms with E-state index in [1.165, 1.54) is 4.90 Å². The summed E-state index contributed by atoms with van der Waals surface area (Å²) in [6.45, 7) is 0.0709. The molecule has 0 bridgehead atoms. The van der Waals surface area contributed by atoms with Crippen LogP contribution in [0.4, 0.5) is 5.69 Å². The topological polar surface area (TPSA) is 84.7 Å². The molecule has 3 N–H and O–H groups in total. The van der Waals surface area contributed by atoms with Gasteiger partial charge in [0.15, 0.2) is 6.10 Å². The maximum atomic E-state index is 12.8. The Bertz CT molecular complexity index is 748. The van der Waals surface area contributed by atoms with Crippen LogP contribution < -0.4 is 20.9 Å². The Hall–Kier alpha value is -2.57. The van der Waals surface area contributed by atoms with Gasteiger partial charge in [0.05, 0.1) is 12.2 Å². The van der Waals surface area contributed by atoms with Crippen LogP contribution in [0.15, 0.2) is 48.5 Å². The van der Waals surface area contributed by atoms with E-state index < -0.39 is 12.0 Å². The molecule has 3 rings (SSSR count). The number of para-hydroxylation sites is 2. The number of hydrogen-bond acceptors (Lipinski definition) is 4.